The number of anilines is 2. The molecular formula is C19H24N4O3. The highest BCUT2D eigenvalue weighted by Crippen LogP contribution is 2.18. The highest BCUT2D eigenvalue weighted by atomic mass is 16.5. The molecule has 1 N–H and O–H groups in total. The van der Waals surface area contributed by atoms with Crippen LogP contribution in [0.2, 0.25) is 0 Å². The number of nitrogens with zero attached hydrogens (tertiary/aromatic N) is 3. The molecule has 0 spiro atoms. The minimum absolute atomic E-state index is 0.0706. The number of hydrogen-bond donors (Lipinski definition) is 1. The average molecular weight is 356 g/mol. The molecule has 1 fully saturated rings. The molecule has 0 bridgehead atoms. The molecule has 2 heterocycles. The van der Waals surface area contributed by atoms with Crippen molar-refractivity contribution in [3.8, 4) is 0 Å². The topological polar surface area (TPSA) is 76.5 Å². The second-order valence-electron chi connectivity index (χ2n) is 6.52. The van der Waals surface area contributed by atoms with Gasteiger partial charge in [0.2, 0.25) is 11.9 Å². The van der Waals surface area contributed by atoms with Crippen LogP contribution in [0.25, 0.3) is 0 Å². The van der Waals surface area contributed by atoms with Crippen LogP contribution in [0.15, 0.2) is 35.1 Å². The largest absolute Gasteiger partial charge is 0.378 e. The van der Waals surface area contributed by atoms with Crippen LogP contribution in [0.4, 0.5) is 11.6 Å². The summed E-state index contributed by atoms with van der Waals surface area (Å²) in [5.74, 6) is 0.292. The third kappa shape index (κ3) is 4.29. The summed E-state index contributed by atoms with van der Waals surface area (Å²) in [5.41, 5.74) is 2.11. The third-order valence-electron chi connectivity index (χ3n) is 4.33. The van der Waals surface area contributed by atoms with Gasteiger partial charge in [-0.05, 0) is 37.5 Å². The molecule has 7 nitrogen and oxygen atoms in total. The zero-order chi connectivity index (χ0) is 18.5. The number of carbonyl (C=O) groups is 1. The minimum atomic E-state index is -0.251. The van der Waals surface area contributed by atoms with E-state index < -0.39 is 0 Å². The number of aromatic nitrogens is 2. The molecule has 0 aliphatic carbocycles. The van der Waals surface area contributed by atoms with Crippen molar-refractivity contribution >= 4 is 17.5 Å². The quantitative estimate of drug-likeness (QED) is 0.856. The molecular weight excluding hydrogens is 332 g/mol. The fraction of sp³-hybridized carbons (Fsp3) is 0.421. The van der Waals surface area contributed by atoms with Gasteiger partial charge in [-0.2, -0.15) is 0 Å². The van der Waals surface area contributed by atoms with Crippen molar-refractivity contribution in [1.82, 2.24) is 9.55 Å². The summed E-state index contributed by atoms with van der Waals surface area (Å²) in [6.07, 6.45) is 2.11. The van der Waals surface area contributed by atoms with Gasteiger partial charge in [-0.1, -0.05) is 12.1 Å². The van der Waals surface area contributed by atoms with Gasteiger partial charge in [-0.3, -0.25) is 14.2 Å². The maximum Gasteiger partial charge on any atom is 0.255 e. The molecule has 0 radical (unpaired) electrons. The normalized spacial score (nSPS) is 13.8. The number of nitrogens with one attached hydrogen (secondary N) is 1. The SMILES string of the molecule is COCc1cc(=O)n(CC(=O)Nc2cccc(C)c2)c(N2CCCC2)n1. The number of ether oxygens (including phenoxy) is 1. The van der Waals surface area contributed by atoms with E-state index in [1.165, 1.54) is 10.6 Å². The minimum Gasteiger partial charge on any atom is -0.378 e. The second-order valence-corrected chi connectivity index (χ2v) is 6.52. The van der Waals surface area contributed by atoms with Crippen molar-refractivity contribution in [1.29, 1.82) is 0 Å². The van der Waals surface area contributed by atoms with Gasteiger partial charge in [0, 0.05) is 32.0 Å². The molecule has 1 aromatic heterocycles. The predicted molar refractivity (Wildman–Crippen MR) is 100 cm³/mol. The Balaban J connectivity index is 1.85. The van der Waals surface area contributed by atoms with E-state index in [2.05, 4.69) is 15.2 Å². The standard InChI is InChI=1S/C19H24N4O3/c1-14-6-5-7-15(10-14)20-17(24)12-23-18(25)11-16(13-26-2)21-19(23)22-8-3-4-9-22/h5-7,10-11H,3-4,8-9,12-13H2,1-2H3,(H,20,24). The third-order valence-corrected chi connectivity index (χ3v) is 4.33. The molecule has 1 aliphatic heterocycles. The lowest BCUT2D eigenvalue weighted by Crippen LogP contribution is -2.34. The van der Waals surface area contributed by atoms with Crippen molar-refractivity contribution in [2.24, 2.45) is 0 Å². The zero-order valence-corrected chi connectivity index (χ0v) is 15.2. The van der Waals surface area contributed by atoms with Crippen molar-refractivity contribution < 1.29 is 9.53 Å². The summed E-state index contributed by atoms with van der Waals surface area (Å²) >= 11 is 0. The predicted octanol–water partition coefficient (Wildman–Crippen LogP) is 1.94. The molecule has 2 aromatic rings. The van der Waals surface area contributed by atoms with Gasteiger partial charge >= 0.3 is 0 Å². The summed E-state index contributed by atoms with van der Waals surface area (Å²) in [6.45, 7) is 3.83. The molecule has 3 rings (SSSR count). The van der Waals surface area contributed by atoms with E-state index in [0.29, 0.717) is 11.6 Å². The summed E-state index contributed by atoms with van der Waals surface area (Å²) in [4.78, 5) is 31.7. The van der Waals surface area contributed by atoms with E-state index >= 15 is 0 Å². The van der Waals surface area contributed by atoms with Crippen LogP contribution in [0.1, 0.15) is 24.1 Å². The van der Waals surface area contributed by atoms with Crippen molar-refractivity contribution in [3.05, 3.63) is 51.9 Å². The van der Waals surface area contributed by atoms with E-state index in [9.17, 15) is 9.59 Å². The highest BCUT2D eigenvalue weighted by Gasteiger charge is 2.20. The van der Waals surface area contributed by atoms with Gasteiger partial charge in [0.15, 0.2) is 0 Å². The second kappa shape index (κ2) is 8.14. The van der Waals surface area contributed by atoms with Crippen LogP contribution < -0.4 is 15.8 Å². The van der Waals surface area contributed by atoms with Gasteiger partial charge < -0.3 is 15.0 Å². The van der Waals surface area contributed by atoms with Crippen LogP contribution in [0.5, 0.6) is 0 Å². The lowest BCUT2D eigenvalue weighted by Gasteiger charge is -2.21. The van der Waals surface area contributed by atoms with E-state index in [-0.39, 0.29) is 24.6 Å². The van der Waals surface area contributed by atoms with E-state index in [4.69, 9.17) is 4.74 Å². The molecule has 0 unspecified atom stereocenters. The van der Waals surface area contributed by atoms with Gasteiger partial charge in [-0.15, -0.1) is 0 Å². The zero-order valence-electron chi connectivity index (χ0n) is 15.2. The van der Waals surface area contributed by atoms with Gasteiger partial charge in [0.05, 0.1) is 12.3 Å². The van der Waals surface area contributed by atoms with Gasteiger partial charge in [0.25, 0.3) is 5.56 Å². The fourth-order valence-corrected chi connectivity index (χ4v) is 3.14. The van der Waals surface area contributed by atoms with Crippen molar-refractivity contribution in [2.75, 3.05) is 30.4 Å². The Bertz CT molecular complexity index is 841. The highest BCUT2D eigenvalue weighted by molar-refractivity contribution is 5.90. The molecule has 0 atom stereocenters. The lowest BCUT2D eigenvalue weighted by molar-refractivity contribution is -0.116. The van der Waals surface area contributed by atoms with Crippen molar-refractivity contribution in [3.63, 3.8) is 0 Å². The summed E-state index contributed by atoms with van der Waals surface area (Å²) in [6, 6.07) is 9.00. The first-order valence-electron chi connectivity index (χ1n) is 8.78. The Morgan fingerprint density at radius 1 is 1.27 bits per heavy atom. The van der Waals surface area contributed by atoms with Crippen LogP contribution in [0, 0.1) is 6.92 Å². The maximum absolute atomic E-state index is 12.6. The van der Waals surface area contributed by atoms with Crippen molar-refractivity contribution in [2.45, 2.75) is 32.9 Å². The van der Waals surface area contributed by atoms with Crippen LogP contribution >= 0.6 is 0 Å². The lowest BCUT2D eigenvalue weighted by atomic mass is 10.2. The first-order chi connectivity index (χ1) is 12.6. The monoisotopic (exact) mass is 356 g/mol. The number of hydrogen-bond acceptors (Lipinski definition) is 5. The summed E-state index contributed by atoms with van der Waals surface area (Å²) in [7, 11) is 1.57. The van der Waals surface area contributed by atoms with Crippen LogP contribution in [0.3, 0.4) is 0 Å². The number of methoxy groups -OCH3 is 1. The molecule has 138 valence electrons. The fourth-order valence-electron chi connectivity index (χ4n) is 3.14. The van der Waals surface area contributed by atoms with Crippen LogP contribution in [-0.2, 0) is 22.7 Å². The molecule has 26 heavy (non-hydrogen) atoms. The molecule has 0 saturated carbocycles. The number of rotatable bonds is 6. The van der Waals surface area contributed by atoms with Crippen LogP contribution in [-0.4, -0.2) is 35.7 Å². The molecule has 1 saturated heterocycles. The molecule has 1 aliphatic rings. The van der Waals surface area contributed by atoms with Gasteiger partial charge in [-0.25, -0.2) is 4.98 Å². The van der Waals surface area contributed by atoms with Gasteiger partial charge in [0.1, 0.15) is 6.54 Å². The first kappa shape index (κ1) is 18.1. The maximum atomic E-state index is 12.6. The number of benzene rings is 1. The molecule has 1 aromatic carbocycles. The van der Waals surface area contributed by atoms with E-state index in [1.54, 1.807) is 7.11 Å². The Morgan fingerprint density at radius 2 is 2.04 bits per heavy atom. The number of amides is 1. The Hall–Kier alpha value is -2.67. The number of carbonyl (C=O) groups excluding carboxylic acids is 1. The Kier molecular flexibility index (Phi) is 5.68. The Morgan fingerprint density at radius 3 is 2.73 bits per heavy atom. The average Bonchev–Trinajstić information content (AvgIpc) is 3.11. The summed E-state index contributed by atoms with van der Waals surface area (Å²) in [5, 5.41) is 2.85. The molecule has 7 heteroatoms. The van der Waals surface area contributed by atoms with E-state index in [0.717, 1.165) is 37.2 Å². The number of aryl methyl sites for hydroxylation is 1. The Labute approximate surface area is 152 Å². The smallest absolute Gasteiger partial charge is 0.255 e. The van der Waals surface area contributed by atoms with E-state index in [1.807, 2.05) is 31.2 Å². The summed E-state index contributed by atoms with van der Waals surface area (Å²) < 4.78 is 6.54. The first-order valence-corrected chi connectivity index (χ1v) is 8.78. The molecule has 1 amide bonds.